The number of nitrogens with zero attached hydrogens (tertiary/aromatic N) is 1. The average molecular weight is 222 g/mol. The van der Waals surface area contributed by atoms with Crippen molar-refractivity contribution in [3.63, 3.8) is 0 Å². The topological polar surface area (TPSA) is 48.1 Å². The summed E-state index contributed by atoms with van der Waals surface area (Å²) in [7, 11) is 0. The second kappa shape index (κ2) is 5.41. The fraction of sp³-hybridized carbons (Fsp3) is 0.615. The molecule has 0 amide bonds. The molecule has 2 unspecified atom stereocenters. The highest BCUT2D eigenvalue weighted by Crippen LogP contribution is 2.31. The van der Waals surface area contributed by atoms with Crippen molar-refractivity contribution in [2.24, 2.45) is 5.73 Å². The van der Waals surface area contributed by atoms with E-state index in [2.05, 4.69) is 25.8 Å². The Labute approximate surface area is 98.0 Å². The van der Waals surface area contributed by atoms with Crippen LogP contribution in [-0.2, 0) is 4.74 Å². The predicted octanol–water partition coefficient (Wildman–Crippen LogP) is 2.60. The summed E-state index contributed by atoms with van der Waals surface area (Å²) in [6.45, 7) is 8.89. The van der Waals surface area contributed by atoms with Crippen LogP contribution in [-0.4, -0.2) is 17.2 Å². The molecule has 3 nitrogen and oxygen atoms in total. The number of hydrogen-bond acceptors (Lipinski definition) is 3. The van der Waals surface area contributed by atoms with Gasteiger partial charge in [-0.1, -0.05) is 6.92 Å². The third-order valence-electron chi connectivity index (χ3n) is 3.25. The highest BCUT2D eigenvalue weighted by molar-refractivity contribution is 5.27. The number of nitrogens with two attached hydrogens (primary N) is 1. The first kappa shape index (κ1) is 13.1. The van der Waals surface area contributed by atoms with Crippen LogP contribution >= 0.6 is 0 Å². The van der Waals surface area contributed by atoms with E-state index in [-0.39, 0.29) is 11.6 Å². The van der Waals surface area contributed by atoms with Crippen LogP contribution in [0.2, 0.25) is 0 Å². The Hall–Kier alpha value is -0.930. The zero-order valence-corrected chi connectivity index (χ0v) is 10.7. The second-order valence-electron chi connectivity index (χ2n) is 4.31. The lowest BCUT2D eigenvalue weighted by Gasteiger charge is -2.35. The van der Waals surface area contributed by atoms with Gasteiger partial charge in [-0.15, -0.1) is 0 Å². The van der Waals surface area contributed by atoms with Gasteiger partial charge < -0.3 is 10.5 Å². The Kier molecular flexibility index (Phi) is 4.44. The van der Waals surface area contributed by atoms with E-state index in [1.165, 1.54) is 5.56 Å². The minimum absolute atomic E-state index is 0.133. The van der Waals surface area contributed by atoms with Crippen molar-refractivity contribution in [1.82, 2.24) is 4.98 Å². The van der Waals surface area contributed by atoms with E-state index in [9.17, 15) is 0 Å². The van der Waals surface area contributed by atoms with Crippen molar-refractivity contribution in [3.05, 3.63) is 29.6 Å². The molecule has 16 heavy (non-hydrogen) atoms. The first-order valence-corrected chi connectivity index (χ1v) is 5.85. The number of ether oxygens (including phenoxy) is 1. The van der Waals surface area contributed by atoms with Crippen LogP contribution in [0.1, 0.15) is 44.4 Å². The van der Waals surface area contributed by atoms with Crippen LogP contribution in [0.5, 0.6) is 0 Å². The number of rotatable bonds is 5. The Morgan fingerprint density at radius 1 is 1.50 bits per heavy atom. The second-order valence-corrected chi connectivity index (χ2v) is 4.31. The molecule has 1 aromatic rings. The van der Waals surface area contributed by atoms with Gasteiger partial charge in [-0.25, -0.2) is 0 Å². The van der Waals surface area contributed by atoms with Gasteiger partial charge in [-0.3, -0.25) is 4.98 Å². The van der Waals surface area contributed by atoms with Gasteiger partial charge in [0, 0.05) is 19.0 Å². The van der Waals surface area contributed by atoms with Crippen LogP contribution < -0.4 is 5.73 Å². The van der Waals surface area contributed by atoms with E-state index in [1.807, 2.05) is 19.2 Å². The minimum Gasteiger partial charge on any atom is -0.374 e. The van der Waals surface area contributed by atoms with Gasteiger partial charge >= 0.3 is 0 Å². The molecule has 0 radical (unpaired) electrons. The molecule has 0 fully saturated rings. The maximum atomic E-state index is 6.31. The quantitative estimate of drug-likeness (QED) is 0.833. The summed E-state index contributed by atoms with van der Waals surface area (Å²) in [6.07, 6.45) is 4.51. The molecule has 0 aliphatic carbocycles. The van der Waals surface area contributed by atoms with Crippen LogP contribution in [0.25, 0.3) is 0 Å². The fourth-order valence-electron chi connectivity index (χ4n) is 1.87. The van der Waals surface area contributed by atoms with Crippen molar-refractivity contribution in [2.75, 3.05) is 6.61 Å². The van der Waals surface area contributed by atoms with Gasteiger partial charge in [-0.05, 0) is 44.4 Å². The Bertz CT molecular complexity index is 340. The van der Waals surface area contributed by atoms with Crippen LogP contribution in [0.15, 0.2) is 18.5 Å². The normalized spacial score (nSPS) is 16.8. The van der Waals surface area contributed by atoms with Gasteiger partial charge in [0.15, 0.2) is 0 Å². The molecule has 0 spiro atoms. The van der Waals surface area contributed by atoms with Crippen LogP contribution in [0.4, 0.5) is 0 Å². The molecule has 0 saturated carbocycles. The molecule has 1 rings (SSSR count). The summed E-state index contributed by atoms with van der Waals surface area (Å²) in [5.74, 6) is 0. The minimum atomic E-state index is -0.317. The molecule has 1 heterocycles. The molecule has 0 saturated heterocycles. The van der Waals surface area contributed by atoms with Crippen molar-refractivity contribution in [2.45, 2.75) is 45.8 Å². The summed E-state index contributed by atoms with van der Waals surface area (Å²) in [5.41, 5.74) is 8.23. The number of aromatic nitrogens is 1. The number of hydrogen-bond donors (Lipinski definition) is 1. The van der Waals surface area contributed by atoms with Gasteiger partial charge in [0.2, 0.25) is 0 Å². The monoisotopic (exact) mass is 222 g/mol. The van der Waals surface area contributed by atoms with E-state index in [0.29, 0.717) is 6.61 Å². The molecule has 2 atom stereocenters. The molecule has 0 aliphatic heterocycles. The summed E-state index contributed by atoms with van der Waals surface area (Å²) < 4.78 is 5.80. The van der Waals surface area contributed by atoms with Crippen molar-refractivity contribution < 1.29 is 4.74 Å². The van der Waals surface area contributed by atoms with Gasteiger partial charge in [0.1, 0.15) is 0 Å². The molecular weight excluding hydrogens is 200 g/mol. The molecule has 3 heteroatoms. The largest absolute Gasteiger partial charge is 0.374 e. The number of pyridine rings is 1. The third kappa shape index (κ3) is 2.60. The van der Waals surface area contributed by atoms with Crippen LogP contribution in [0.3, 0.4) is 0 Å². The highest BCUT2D eigenvalue weighted by atomic mass is 16.5. The van der Waals surface area contributed by atoms with E-state index in [0.717, 1.165) is 12.0 Å². The molecule has 0 aromatic carbocycles. The first-order valence-electron chi connectivity index (χ1n) is 5.85. The molecule has 2 N–H and O–H groups in total. The van der Waals surface area contributed by atoms with Crippen molar-refractivity contribution in [1.29, 1.82) is 0 Å². The Morgan fingerprint density at radius 2 is 2.19 bits per heavy atom. The zero-order chi connectivity index (χ0) is 12.2. The van der Waals surface area contributed by atoms with Gasteiger partial charge in [0.05, 0.1) is 11.6 Å². The fourth-order valence-corrected chi connectivity index (χ4v) is 1.87. The maximum absolute atomic E-state index is 6.31. The van der Waals surface area contributed by atoms with E-state index in [1.54, 1.807) is 6.20 Å². The first-order chi connectivity index (χ1) is 7.55. The predicted molar refractivity (Wildman–Crippen MR) is 66.2 cm³/mol. The van der Waals surface area contributed by atoms with E-state index >= 15 is 0 Å². The standard InChI is InChI=1S/C13H22N2O/c1-5-13(4,16-6-2)12(14)11-9-15-8-7-10(11)3/h7-9,12H,5-6,14H2,1-4H3. The Morgan fingerprint density at radius 3 is 2.69 bits per heavy atom. The molecule has 1 aromatic heterocycles. The van der Waals surface area contributed by atoms with E-state index in [4.69, 9.17) is 10.5 Å². The lowest BCUT2D eigenvalue weighted by molar-refractivity contribution is -0.0474. The van der Waals surface area contributed by atoms with Gasteiger partial charge in [0.25, 0.3) is 0 Å². The van der Waals surface area contributed by atoms with Crippen LogP contribution in [0, 0.1) is 6.92 Å². The van der Waals surface area contributed by atoms with Crippen molar-refractivity contribution >= 4 is 0 Å². The van der Waals surface area contributed by atoms with Crippen molar-refractivity contribution in [3.8, 4) is 0 Å². The average Bonchev–Trinajstić information content (AvgIpc) is 2.29. The molecule has 0 aliphatic rings. The third-order valence-corrected chi connectivity index (χ3v) is 3.25. The summed E-state index contributed by atoms with van der Waals surface area (Å²) >= 11 is 0. The SMILES string of the molecule is CCOC(C)(CC)C(N)c1cnccc1C. The summed E-state index contributed by atoms with van der Waals surface area (Å²) in [5, 5.41) is 0. The Balaban J connectivity index is 2.99. The molecular formula is C13H22N2O. The highest BCUT2D eigenvalue weighted by Gasteiger charge is 2.32. The smallest absolute Gasteiger partial charge is 0.0844 e. The lowest BCUT2D eigenvalue weighted by Crippen LogP contribution is -2.41. The molecule has 90 valence electrons. The zero-order valence-electron chi connectivity index (χ0n) is 10.7. The number of aryl methyl sites for hydroxylation is 1. The summed E-state index contributed by atoms with van der Waals surface area (Å²) in [6, 6.07) is 1.85. The lowest BCUT2D eigenvalue weighted by atomic mass is 9.87. The van der Waals surface area contributed by atoms with E-state index < -0.39 is 0 Å². The maximum Gasteiger partial charge on any atom is 0.0844 e. The summed E-state index contributed by atoms with van der Waals surface area (Å²) in [4.78, 5) is 4.14. The van der Waals surface area contributed by atoms with Gasteiger partial charge in [-0.2, -0.15) is 0 Å². The molecule has 0 bridgehead atoms.